The number of aryl methyl sites for hydroxylation is 1. The first kappa shape index (κ1) is 18.1. The maximum atomic E-state index is 10.3. The lowest BCUT2D eigenvalue weighted by atomic mass is 10.1. The molecule has 0 amide bonds. The zero-order valence-corrected chi connectivity index (χ0v) is 15.2. The largest absolute Gasteiger partial charge is 0.386 e. The second kappa shape index (κ2) is 9.18. The van der Waals surface area contributed by atoms with Crippen molar-refractivity contribution in [3.05, 3.63) is 35.4 Å². The standard InChI is InChI=1S/C18H29N3OS/c1-4-19-18(21-15-9-10-16(11-15)23-3)20-12-17(22)14-7-5-13(2)6-8-14/h5-8,15-17,22H,4,9-12H2,1-3H3,(H2,19,20,21). The van der Waals surface area contributed by atoms with Crippen molar-refractivity contribution in [1.82, 2.24) is 10.6 Å². The van der Waals surface area contributed by atoms with Gasteiger partial charge in [0.05, 0.1) is 12.6 Å². The minimum absolute atomic E-state index is 0.372. The molecule has 0 aliphatic heterocycles. The van der Waals surface area contributed by atoms with Gasteiger partial charge in [-0.05, 0) is 44.9 Å². The first-order valence-electron chi connectivity index (χ1n) is 8.44. The third-order valence-electron chi connectivity index (χ3n) is 4.29. The number of aliphatic hydroxyl groups is 1. The molecule has 0 aromatic heterocycles. The molecule has 1 saturated carbocycles. The van der Waals surface area contributed by atoms with Crippen molar-refractivity contribution in [2.75, 3.05) is 19.3 Å². The molecule has 1 aromatic rings. The fraction of sp³-hybridized carbons (Fsp3) is 0.611. The Morgan fingerprint density at radius 1 is 1.35 bits per heavy atom. The van der Waals surface area contributed by atoms with Gasteiger partial charge in [-0.15, -0.1) is 0 Å². The first-order valence-corrected chi connectivity index (χ1v) is 9.73. The lowest BCUT2D eigenvalue weighted by molar-refractivity contribution is 0.187. The molecule has 3 atom stereocenters. The molecule has 1 aliphatic carbocycles. The van der Waals surface area contributed by atoms with Gasteiger partial charge in [-0.2, -0.15) is 11.8 Å². The Morgan fingerprint density at radius 3 is 2.70 bits per heavy atom. The molecule has 0 spiro atoms. The van der Waals surface area contributed by atoms with Crippen LogP contribution < -0.4 is 10.6 Å². The van der Waals surface area contributed by atoms with Gasteiger partial charge in [0.25, 0.3) is 0 Å². The average molecular weight is 336 g/mol. The lowest BCUT2D eigenvalue weighted by Gasteiger charge is -2.18. The molecule has 0 bridgehead atoms. The Morgan fingerprint density at radius 2 is 2.09 bits per heavy atom. The number of nitrogens with zero attached hydrogens (tertiary/aromatic N) is 1. The molecule has 1 aliphatic rings. The normalized spacial score (nSPS) is 22.9. The van der Waals surface area contributed by atoms with Crippen molar-refractivity contribution in [3.8, 4) is 0 Å². The van der Waals surface area contributed by atoms with E-state index in [-0.39, 0.29) is 0 Å². The minimum atomic E-state index is -0.561. The van der Waals surface area contributed by atoms with Crippen LogP contribution in [-0.2, 0) is 0 Å². The van der Waals surface area contributed by atoms with Crippen molar-refractivity contribution in [3.63, 3.8) is 0 Å². The highest BCUT2D eigenvalue weighted by atomic mass is 32.2. The van der Waals surface area contributed by atoms with Gasteiger partial charge in [-0.25, -0.2) is 0 Å². The van der Waals surface area contributed by atoms with E-state index in [0.717, 1.165) is 23.3 Å². The van der Waals surface area contributed by atoms with Crippen molar-refractivity contribution >= 4 is 17.7 Å². The predicted molar refractivity (Wildman–Crippen MR) is 100 cm³/mol. The van der Waals surface area contributed by atoms with Gasteiger partial charge in [-0.1, -0.05) is 29.8 Å². The van der Waals surface area contributed by atoms with Crippen LogP contribution in [0.4, 0.5) is 0 Å². The Hall–Kier alpha value is -1.20. The smallest absolute Gasteiger partial charge is 0.191 e. The Labute approximate surface area is 144 Å². The Balaban J connectivity index is 1.91. The van der Waals surface area contributed by atoms with Crippen LogP contribution in [0.1, 0.15) is 43.4 Å². The van der Waals surface area contributed by atoms with Crippen molar-refractivity contribution < 1.29 is 5.11 Å². The molecule has 0 heterocycles. The summed E-state index contributed by atoms with van der Waals surface area (Å²) >= 11 is 1.95. The molecular formula is C18H29N3OS. The number of aliphatic hydroxyl groups excluding tert-OH is 1. The summed E-state index contributed by atoms with van der Waals surface area (Å²) in [6, 6.07) is 8.47. The van der Waals surface area contributed by atoms with E-state index in [4.69, 9.17) is 0 Å². The van der Waals surface area contributed by atoms with Crippen LogP contribution in [0.15, 0.2) is 29.3 Å². The van der Waals surface area contributed by atoms with Crippen LogP contribution in [0.5, 0.6) is 0 Å². The molecule has 1 fully saturated rings. The van der Waals surface area contributed by atoms with Gasteiger partial charge in [0, 0.05) is 17.8 Å². The van der Waals surface area contributed by atoms with Gasteiger partial charge in [-0.3, -0.25) is 4.99 Å². The van der Waals surface area contributed by atoms with Crippen LogP contribution >= 0.6 is 11.8 Å². The average Bonchev–Trinajstić information content (AvgIpc) is 3.01. The van der Waals surface area contributed by atoms with Gasteiger partial charge in [0.2, 0.25) is 0 Å². The number of thioether (sulfide) groups is 1. The minimum Gasteiger partial charge on any atom is -0.386 e. The fourth-order valence-corrected chi connectivity index (χ4v) is 3.67. The van der Waals surface area contributed by atoms with Crippen LogP contribution in [0, 0.1) is 6.92 Å². The zero-order valence-electron chi connectivity index (χ0n) is 14.4. The fourth-order valence-electron chi connectivity index (χ4n) is 2.87. The summed E-state index contributed by atoms with van der Waals surface area (Å²) in [4.78, 5) is 4.56. The molecule has 23 heavy (non-hydrogen) atoms. The molecule has 3 unspecified atom stereocenters. The van der Waals surface area contributed by atoms with Crippen LogP contribution in [-0.4, -0.2) is 41.7 Å². The summed E-state index contributed by atoms with van der Waals surface area (Å²) in [5, 5.41) is 17.9. The number of nitrogens with one attached hydrogen (secondary N) is 2. The topological polar surface area (TPSA) is 56.7 Å². The van der Waals surface area contributed by atoms with E-state index in [1.807, 2.05) is 43.0 Å². The Bertz CT molecular complexity index is 503. The van der Waals surface area contributed by atoms with Gasteiger partial charge >= 0.3 is 0 Å². The molecule has 1 aromatic carbocycles. The SMILES string of the molecule is CCNC(=NCC(O)c1ccc(C)cc1)NC1CCC(SC)C1. The van der Waals surface area contributed by atoms with Crippen molar-refractivity contribution in [1.29, 1.82) is 0 Å². The maximum Gasteiger partial charge on any atom is 0.191 e. The predicted octanol–water partition coefficient (Wildman–Crippen LogP) is 2.87. The molecule has 0 radical (unpaired) electrons. The highest BCUT2D eigenvalue weighted by molar-refractivity contribution is 7.99. The van der Waals surface area contributed by atoms with E-state index in [1.165, 1.54) is 24.8 Å². The van der Waals surface area contributed by atoms with Crippen LogP contribution in [0.25, 0.3) is 0 Å². The number of hydrogen-bond acceptors (Lipinski definition) is 3. The van der Waals surface area contributed by atoms with E-state index in [1.54, 1.807) is 0 Å². The van der Waals surface area contributed by atoms with Gasteiger partial charge in [0.15, 0.2) is 5.96 Å². The summed E-state index contributed by atoms with van der Waals surface area (Å²) in [6.07, 6.45) is 5.27. The summed E-state index contributed by atoms with van der Waals surface area (Å²) in [5.74, 6) is 0.811. The molecular weight excluding hydrogens is 306 g/mol. The summed E-state index contributed by atoms with van der Waals surface area (Å²) in [6.45, 7) is 5.31. The number of guanidine groups is 1. The van der Waals surface area contributed by atoms with Crippen LogP contribution in [0.3, 0.4) is 0 Å². The van der Waals surface area contributed by atoms with Gasteiger partial charge in [0.1, 0.15) is 0 Å². The highest BCUT2D eigenvalue weighted by Gasteiger charge is 2.24. The quantitative estimate of drug-likeness (QED) is 0.553. The summed E-state index contributed by atoms with van der Waals surface area (Å²) < 4.78 is 0. The first-order chi connectivity index (χ1) is 11.1. The lowest BCUT2D eigenvalue weighted by Crippen LogP contribution is -2.42. The maximum absolute atomic E-state index is 10.3. The van der Waals surface area contributed by atoms with Gasteiger partial charge < -0.3 is 15.7 Å². The van der Waals surface area contributed by atoms with Crippen LogP contribution in [0.2, 0.25) is 0 Å². The van der Waals surface area contributed by atoms with E-state index in [0.29, 0.717) is 12.6 Å². The molecule has 2 rings (SSSR count). The summed E-state index contributed by atoms with van der Waals surface area (Å²) in [5.41, 5.74) is 2.11. The number of rotatable bonds is 6. The van der Waals surface area contributed by atoms with E-state index < -0.39 is 6.10 Å². The summed E-state index contributed by atoms with van der Waals surface area (Å²) in [7, 11) is 0. The second-order valence-electron chi connectivity index (χ2n) is 6.16. The third kappa shape index (κ3) is 5.74. The van der Waals surface area contributed by atoms with E-state index in [9.17, 15) is 5.11 Å². The number of hydrogen-bond donors (Lipinski definition) is 3. The third-order valence-corrected chi connectivity index (χ3v) is 5.38. The molecule has 0 saturated heterocycles. The number of benzene rings is 1. The Kier molecular flexibility index (Phi) is 7.24. The van der Waals surface area contributed by atoms with E-state index in [2.05, 4.69) is 28.8 Å². The molecule has 4 nitrogen and oxygen atoms in total. The van der Waals surface area contributed by atoms with Crippen molar-refractivity contribution in [2.24, 2.45) is 4.99 Å². The van der Waals surface area contributed by atoms with E-state index >= 15 is 0 Å². The van der Waals surface area contributed by atoms with Crippen molar-refractivity contribution in [2.45, 2.75) is 50.5 Å². The monoisotopic (exact) mass is 335 g/mol. The zero-order chi connectivity index (χ0) is 16.7. The highest BCUT2D eigenvalue weighted by Crippen LogP contribution is 2.28. The molecule has 128 valence electrons. The number of aliphatic imine (C=N–C) groups is 1. The molecule has 5 heteroatoms. The second-order valence-corrected chi connectivity index (χ2v) is 7.30. The molecule has 3 N–H and O–H groups in total.